The van der Waals surface area contributed by atoms with Crippen molar-refractivity contribution in [2.45, 2.75) is 6.42 Å². The summed E-state index contributed by atoms with van der Waals surface area (Å²) in [5.74, 6) is -1.23. The molecule has 0 radical (unpaired) electrons. The number of rotatable bonds is 8. The molecule has 0 unspecified atom stereocenters. The maximum Gasteiger partial charge on any atom is 0.321 e. The quantitative estimate of drug-likeness (QED) is 0.523. The third-order valence-electron chi connectivity index (χ3n) is 2.22. The molecule has 20 heavy (non-hydrogen) atoms. The Bertz CT molecular complexity index is 562. The Morgan fingerprint density at radius 1 is 1.20 bits per heavy atom. The molecule has 0 atom stereocenters. The van der Waals surface area contributed by atoms with Crippen LogP contribution >= 0.6 is 0 Å². The van der Waals surface area contributed by atoms with Gasteiger partial charge < -0.3 is 9.47 Å². The number of carbonyl (C=O) groups excluding carboxylic acids is 1. The predicted molar refractivity (Wildman–Crippen MR) is 71.8 cm³/mol. The van der Waals surface area contributed by atoms with Crippen molar-refractivity contribution in [2.75, 3.05) is 24.7 Å². The fourth-order valence-electron chi connectivity index (χ4n) is 1.33. The van der Waals surface area contributed by atoms with E-state index in [0.717, 1.165) is 0 Å². The molecular weight excluding hydrogens is 282 g/mol. The lowest BCUT2D eigenvalue weighted by Crippen LogP contribution is -2.22. The van der Waals surface area contributed by atoms with Gasteiger partial charge in [-0.3, -0.25) is 4.79 Å². The van der Waals surface area contributed by atoms with E-state index in [4.69, 9.17) is 14.7 Å². The molecule has 1 rings (SSSR count). The van der Waals surface area contributed by atoms with Crippen molar-refractivity contribution in [3.8, 4) is 11.8 Å². The number of hydrogen-bond donors (Lipinski definition) is 0. The highest BCUT2D eigenvalue weighted by Gasteiger charge is 2.17. The summed E-state index contributed by atoms with van der Waals surface area (Å²) in [4.78, 5) is 11.3. The van der Waals surface area contributed by atoms with Crippen molar-refractivity contribution in [3.05, 3.63) is 30.3 Å². The lowest BCUT2D eigenvalue weighted by atomic mass is 10.3. The van der Waals surface area contributed by atoms with Crippen LogP contribution in [-0.4, -0.2) is 39.1 Å². The SMILES string of the molecule is N#CCCS(=O)(=O)CC(=O)OCCOc1ccccc1. The fourth-order valence-corrected chi connectivity index (χ4v) is 2.32. The standard InChI is InChI=1S/C13H15NO5S/c14-7-4-10-20(16,17)11-13(15)19-9-8-18-12-5-2-1-3-6-12/h1-3,5-6H,4,8-11H2. The van der Waals surface area contributed by atoms with Crippen LogP contribution in [0.15, 0.2) is 30.3 Å². The molecule has 1 aromatic rings. The Hall–Kier alpha value is -2.07. The first-order valence-electron chi connectivity index (χ1n) is 5.94. The highest BCUT2D eigenvalue weighted by Crippen LogP contribution is 2.07. The zero-order valence-corrected chi connectivity index (χ0v) is 11.6. The third-order valence-corrected chi connectivity index (χ3v) is 3.72. The molecule has 7 heteroatoms. The maximum absolute atomic E-state index is 11.4. The zero-order chi connectivity index (χ0) is 14.8. The Morgan fingerprint density at radius 2 is 1.90 bits per heavy atom. The van der Waals surface area contributed by atoms with Gasteiger partial charge in [0.25, 0.3) is 0 Å². The summed E-state index contributed by atoms with van der Waals surface area (Å²) in [5, 5.41) is 8.30. The molecule has 0 amide bonds. The Kier molecular flexibility index (Phi) is 6.53. The lowest BCUT2D eigenvalue weighted by molar-refractivity contribution is -0.141. The molecule has 0 N–H and O–H groups in total. The zero-order valence-electron chi connectivity index (χ0n) is 10.8. The first-order valence-corrected chi connectivity index (χ1v) is 7.76. The minimum atomic E-state index is -3.57. The average Bonchev–Trinajstić information content (AvgIpc) is 2.42. The van der Waals surface area contributed by atoms with Gasteiger partial charge in [0.1, 0.15) is 24.7 Å². The summed E-state index contributed by atoms with van der Waals surface area (Å²) in [6.07, 6.45) is -0.132. The molecule has 6 nitrogen and oxygen atoms in total. The molecule has 0 aliphatic heterocycles. The largest absolute Gasteiger partial charge is 0.490 e. The van der Waals surface area contributed by atoms with Gasteiger partial charge in [-0.15, -0.1) is 0 Å². The topological polar surface area (TPSA) is 93.5 Å². The summed E-state index contributed by atoms with van der Waals surface area (Å²) in [5.41, 5.74) is 0. The van der Waals surface area contributed by atoms with Crippen LogP contribution in [0.4, 0.5) is 0 Å². The summed E-state index contributed by atoms with van der Waals surface area (Å²) in [6, 6.07) is 10.7. The van der Waals surface area contributed by atoms with Crippen molar-refractivity contribution in [1.29, 1.82) is 5.26 Å². The highest BCUT2D eigenvalue weighted by molar-refractivity contribution is 7.92. The number of sulfone groups is 1. The first kappa shape index (κ1) is 16.0. The normalized spacial score (nSPS) is 10.6. The molecule has 1 aromatic carbocycles. The smallest absolute Gasteiger partial charge is 0.321 e. The molecule has 0 aromatic heterocycles. The Morgan fingerprint density at radius 3 is 2.55 bits per heavy atom. The van der Waals surface area contributed by atoms with E-state index in [1.165, 1.54) is 0 Å². The van der Waals surface area contributed by atoms with Crippen molar-refractivity contribution < 1.29 is 22.7 Å². The molecule has 108 valence electrons. The number of para-hydroxylation sites is 1. The van der Waals surface area contributed by atoms with Crippen molar-refractivity contribution in [2.24, 2.45) is 0 Å². The molecule has 0 aliphatic rings. The van der Waals surface area contributed by atoms with Crippen molar-refractivity contribution >= 4 is 15.8 Å². The van der Waals surface area contributed by atoms with Gasteiger partial charge in [0, 0.05) is 6.42 Å². The molecule has 0 saturated carbocycles. The van der Waals surface area contributed by atoms with Gasteiger partial charge in [-0.2, -0.15) is 5.26 Å². The molecule has 0 saturated heterocycles. The van der Waals surface area contributed by atoms with Gasteiger partial charge in [-0.25, -0.2) is 8.42 Å². The maximum atomic E-state index is 11.4. The van der Waals surface area contributed by atoms with Gasteiger partial charge >= 0.3 is 5.97 Å². The molecule has 0 spiro atoms. The lowest BCUT2D eigenvalue weighted by Gasteiger charge is -2.07. The van der Waals surface area contributed by atoms with Crippen LogP contribution in [0.1, 0.15) is 6.42 Å². The van der Waals surface area contributed by atoms with Crippen LogP contribution in [0.3, 0.4) is 0 Å². The second-order valence-corrected chi connectivity index (χ2v) is 6.07. The van der Waals surface area contributed by atoms with E-state index in [9.17, 15) is 13.2 Å². The number of carbonyl (C=O) groups is 1. The molecule has 0 bridgehead atoms. The van der Waals surface area contributed by atoms with Crippen LogP contribution in [0.25, 0.3) is 0 Å². The fraction of sp³-hybridized carbons (Fsp3) is 0.385. The Balaban J connectivity index is 2.22. The second-order valence-electron chi connectivity index (χ2n) is 3.88. The summed E-state index contributed by atoms with van der Waals surface area (Å²) < 4.78 is 32.8. The van der Waals surface area contributed by atoms with Crippen molar-refractivity contribution in [3.63, 3.8) is 0 Å². The number of esters is 1. The number of ether oxygens (including phenoxy) is 2. The van der Waals surface area contributed by atoms with Gasteiger partial charge in [0.05, 0.1) is 11.8 Å². The van der Waals surface area contributed by atoms with Crippen LogP contribution < -0.4 is 4.74 Å². The highest BCUT2D eigenvalue weighted by atomic mass is 32.2. The van der Waals surface area contributed by atoms with E-state index in [0.29, 0.717) is 5.75 Å². The second kappa shape index (κ2) is 8.17. The van der Waals surface area contributed by atoms with E-state index >= 15 is 0 Å². The predicted octanol–water partition coefficient (Wildman–Crippen LogP) is 0.937. The average molecular weight is 297 g/mol. The summed E-state index contributed by atoms with van der Waals surface area (Å²) in [6.45, 7) is 0.121. The molecule has 0 heterocycles. The summed E-state index contributed by atoms with van der Waals surface area (Å²) >= 11 is 0. The van der Waals surface area contributed by atoms with Crippen LogP contribution in [0.2, 0.25) is 0 Å². The Labute approximate surface area is 117 Å². The summed E-state index contributed by atoms with van der Waals surface area (Å²) in [7, 11) is -3.57. The monoisotopic (exact) mass is 297 g/mol. The van der Waals surface area contributed by atoms with E-state index in [1.54, 1.807) is 18.2 Å². The van der Waals surface area contributed by atoms with E-state index in [1.807, 2.05) is 18.2 Å². The van der Waals surface area contributed by atoms with Gasteiger partial charge in [0.2, 0.25) is 0 Å². The minimum Gasteiger partial charge on any atom is -0.490 e. The number of hydrogen-bond acceptors (Lipinski definition) is 6. The van der Waals surface area contributed by atoms with Crippen LogP contribution in [0.5, 0.6) is 5.75 Å². The first-order chi connectivity index (χ1) is 9.53. The van der Waals surface area contributed by atoms with E-state index in [-0.39, 0.29) is 25.4 Å². The van der Waals surface area contributed by atoms with Crippen molar-refractivity contribution in [1.82, 2.24) is 0 Å². The number of nitrogens with zero attached hydrogens (tertiary/aromatic N) is 1. The van der Waals surface area contributed by atoms with Gasteiger partial charge in [-0.05, 0) is 12.1 Å². The number of nitriles is 1. The molecule has 0 fully saturated rings. The van der Waals surface area contributed by atoms with Crippen LogP contribution in [-0.2, 0) is 19.4 Å². The third kappa shape index (κ3) is 6.75. The molecular formula is C13H15NO5S. The van der Waals surface area contributed by atoms with Crippen LogP contribution in [0, 0.1) is 11.3 Å². The number of benzene rings is 1. The van der Waals surface area contributed by atoms with Gasteiger partial charge in [-0.1, -0.05) is 18.2 Å². The molecule has 0 aliphatic carbocycles. The van der Waals surface area contributed by atoms with Gasteiger partial charge in [0.15, 0.2) is 9.84 Å². The minimum absolute atomic E-state index is 0.0263. The van der Waals surface area contributed by atoms with E-state index < -0.39 is 21.6 Å². The van der Waals surface area contributed by atoms with E-state index in [2.05, 4.69) is 0 Å².